The molecule has 2 aliphatic rings. The topological polar surface area (TPSA) is 62.8 Å². The molecule has 0 aliphatic carbocycles. The first-order valence-electron chi connectivity index (χ1n) is 10.2. The predicted octanol–water partition coefficient (Wildman–Crippen LogP) is 3.43. The molecule has 0 amide bonds. The molecule has 3 heterocycles. The third-order valence-corrected chi connectivity index (χ3v) is 5.76. The third kappa shape index (κ3) is 5.50. The van der Waals surface area contributed by atoms with E-state index in [2.05, 4.69) is 44.3 Å². The van der Waals surface area contributed by atoms with E-state index in [9.17, 15) is 0 Å². The first-order chi connectivity index (χ1) is 14.2. The van der Waals surface area contributed by atoms with Gasteiger partial charge in [-0.05, 0) is 63.2 Å². The van der Waals surface area contributed by atoms with Gasteiger partial charge >= 0.3 is 0 Å². The second-order valence-electron chi connectivity index (χ2n) is 7.68. The molecule has 0 unspecified atom stereocenters. The Labute approximate surface area is 177 Å². The number of hydrogen-bond donors (Lipinski definition) is 1. The highest BCUT2D eigenvalue weighted by Gasteiger charge is 2.18. The van der Waals surface area contributed by atoms with Crippen LogP contribution in [0, 0.1) is 5.92 Å². The summed E-state index contributed by atoms with van der Waals surface area (Å²) in [5, 5.41) is 3.67. The van der Waals surface area contributed by atoms with Crippen LogP contribution in [-0.2, 0) is 4.74 Å². The zero-order valence-corrected chi connectivity index (χ0v) is 17.6. The van der Waals surface area contributed by atoms with E-state index >= 15 is 0 Å². The van der Waals surface area contributed by atoms with Gasteiger partial charge < -0.3 is 24.6 Å². The Morgan fingerprint density at radius 1 is 1.14 bits per heavy atom. The molecule has 7 nitrogen and oxygen atoms in total. The average Bonchev–Trinajstić information content (AvgIpc) is 2.76. The van der Waals surface area contributed by atoms with Crippen molar-refractivity contribution in [1.29, 1.82) is 0 Å². The van der Waals surface area contributed by atoms with E-state index in [4.69, 9.17) is 21.1 Å². The van der Waals surface area contributed by atoms with Crippen molar-refractivity contribution in [1.82, 2.24) is 14.9 Å². The smallest absolute Gasteiger partial charge is 0.237 e. The highest BCUT2D eigenvalue weighted by Crippen LogP contribution is 2.26. The van der Waals surface area contributed by atoms with Crippen LogP contribution >= 0.6 is 11.6 Å². The lowest BCUT2D eigenvalue weighted by Crippen LogP contribution is -2.36. The van der Waals surface area contributed by atoms with Crippen molar-refractivity contribution < 1.29 is 9.47 Å². The fourth-order valence-electron chi connectivity index (χ4n) is 3.64. The van der Waals surface area contributed by atoms with Gasteiger partial charge in [0.05, 0.1) is 26.0 Å². The molecular weight excluding hydrogens is 390 g/mol. The highest BCUT2D eigenvalue weighted by atomic mass is 35.5. The van der Waals surface area contributed by atoms with Gasteiger partial charge in [0.2, 0.25) is 11.8 Å². The molecule has 0 radical (unpaired) electrons. The second kappa shape index (κ2) is 9.61. The van der Waals surface area contributed by atoms with Crippen LogP contribution in [0.1, 0.15) is 12.8 Å². The van der Waals surface area contributed by atoms with Crippen LogP contribution in [0.25, 0.3) is 0 Å². The fraction of sp³-hybridized carbons (Fsp3) is 0.524. The van der Waals surface area contributed by atoms with Crippen LogP contribution in [-0.4, -0.2) is 67.9 Å². The van der Waals surface area contributed by atoms with Gasteiger partial charge in [-0.3, -0.25) is 0 Å². The molecule has 1 aromatic carbocycles. The van der Waals surface area contributed by atoms with Crippen LogP contribution < -0.4 is 15.0 Å². The largest absolute Gasteiger partial charge is 0.476 e. The number of likely N-dealkylation sites (tertiary alicyclic amines) is 1. The van der Waals surface area contributed by atoms with Crippen LogP contribution in [0.2, 0.25) is 5.02 Å². The third-order valence-electron chi connectivity index (χ3n) is 5.51. The zero-order chi connectivity index (χ0) is 20.1. The van der Waals surface area contributed by atoms with Crippen LogP contribution in [0.15, 0.2) is 30.5 Å². The van der Waals surface area contributed by atoms with Crippen molar-refractivity contribution in [2.24, 2.45) is 5.92 Å². The lowest BCUT2D eigenvalue weighted by atomic mass is 9.98. The first-order valence-corrected chi connectivity index (χ1v) is 10.6. The van der Waals surface area contributed by atoms with Crippen molar-refractivity contribution in [2.75, 3.05) is 63.3 Å². The monoisotopic (exact) mass is 417 g/mol. The lowest BCUT2D eigenvalue weighted by Gasteiger charge is -2.29. The Bertz CT molecular complexity index is 790. The number of aromatic nitrogens is 2. The Hall–Kier alpha value is -2.09. The summed E-state index contributed by atoms with van der Waals surface area (Å²) in [6.45, 7) is 6.25. The first kappa shape index (κ1) is 20.2. The van der Waals surface area contributed by atoms with Crippen LogP contribution in [0.4, 0.5) is 17.3 Å². The minimum atomic E-state index is 0.436. The van der Waals surface area contributed by atoms with E-state index < -0.39 is 0 Å². The molecule has 2 aromatic rings. The number of nitrogens with zero attached hydrogens (tertiary/aromatic N) is 4. The average molecular weight is 418 g/mol. The van der Waals surface area contributed by atoms with E-state index in [1.165, 1.54) is 5.69 Å². The van der Waals surface area contributed by atoms with Gasteiger partial charge in [-0.15, -0.1) is 0 Å². The Balaban J connectivity index is 1.35. The molecule has 1 N–H and O–H groups in total. The predicted molar refractivity (Wildman–Crippen MR) is 116 cm³/mol. The number of ether oxygens (including phenoxy) is 2. The molecule has 8 heteroatoms. The SMILES string of the molecule is CN1CCC(COc2nc(Nc3ccc(N4CCOCC4)cc3)ncc2Cl)CC1. The molecule has 29 heavy (non-hydrogen) atoms. The van der Waals surface area contributed by atoms with Gasteiger partial charge in [0.25, 0.3) is 0 Å². The van der Waals surface area contributed by atoms with Crippen LogP contribution in [0.5, 0.6) is 5.88 Å². The molecule has 4 rings (SSSR count). The van der Waals surface area contributed by atoms with E-state index in [1.54, 1.807) is 6.20 Å². The Morgan fingerprint density at radius 2 is 1.86 bits per heavy atom. The van der Waals surface area contributed by atoms with Gasteiger partial charge in [0, 0.05) is 24.5 Å². The molecule has 2 saturated heterocycles. The minimum absolute atomic E-state index is 0.436. The number of halogens is 1. The summed E-state index contributed by atoms with van der Waals surface area (Å²) >= 11 is 6.25. The van der Waals surface area contributed by atoms with Gasteiger partial charge in [0.1, 0.15) is 5.02 Å². The maximum absolute atomic E-state index is 6.25. The number of morpholine rings is 1. The quantitative estimate of drug-likeness (QED) is 0.772. The molecule has 2 aliphatic heterocycles. The summed E-state index contributed by atoms with van der Waals surface area (Å²) in [5.41, 5.74) is 2.11. The van der Waals surface area contributed by atoms with E-state index in [-0.39, 0.29) is 0 Å². The summed E-state index contributed by atoms with van der Waals surface area (Å²) in [6.07, 6.45) is 3.86. The highest BCUT2D eigenvalue weighted by molar-refractivity contribution is 6.31. The van der Waals surface area contributed by atoms with Crippen molar-refractivity contribution in [3.05, 3.63) is 35.5 Å². The molecule has 0 bridgehead atoms. The standard InChI is InChI=1S/C21H28ClN5O2/c1-26-8-6-16(7-9-26)15-29-20-19(22)14-23-21(25-20)24-17-2-4-18(5-3-17)27-10-12-28-13-11-27/h2-5,14,16H,6-13,15H2,1H3,(H,23,24,25). The molecular formula is C21H28ClN5O2. The summed E-state index contributed by atoms with van der Waals surface area (Å²) in [7, 11) is 2.16. The van der Waals surface area contributed by atoms with Crippen molar-refractivity contribution in [3.63, 3.8) is 0 Å². The molecule has 0 spiro atoms. The minimum Gasteiger partial charge on any atom is -0.476 e. The normalized spacial score (nSPS) is 18.6. The fourth-order valence-corrected chi connectivity index (χ4v) is 3.79. The van der Waals surface area contributed by atoms with Gasteiger partial charge in [-0.2, -0.15) is 4.98 Å². The van der Waals surface area contributed by atoms with Crippen LogP contribution in [0.3, 0.4) is 0 Å². The maximum Gasteiger partial charge on any atom is 0.237 e. The van der Waals surface area contributed by atoms with E-state index in [0.29, 0.717) is 29.4 Å². The summed E-state index contributed by atoms with van der Waals surface area (Å²) in [6, 6.07) is 8.26. The van der Waals surface area contributed by atoms with Crippen molar-refractivity contribution in [3.8, 4) is 5.88 Å². The van der Waals surface area contributed by atoms with Crippen molar-refractivity contribution in [2.45, 2.75) is 12.8 Å². The zero-order valence-electron chi connectivity index (χ0n) is 16.8. The number of rotatable bonds is 6. The van der Waals surface area contributed by atoms with E-state index in [1.807, 2.05) is 12.1 Å². The lowest BCUT2D eigenvalue weighted by molar-refractivity contribution is 0.122. The molecule has 1 aromatic heterocycles. The van der Waals surface area contributed by atoms with Crippen molar-refractivity contribution >= 4 is 28.9 Å². The van der Waals surface area contributed by atoms with Gasteiger partial charge in [0.15, 0.2) is 0 Å². The summed E-state index contributed by atoms with van der Waals surface area (Å²) in [5.74, 6) is 1.46. The number of nitrogens with one attached hydrogen (secondary N) is 1. The molecule has 2 fully saturated rings. The summed E-state index contributed by atoms with van der Waals surface area (Å²) < 4.78 is 11.3. The van der Waals surface area contributed by atoms with E-state index in [0.717, 1.165) is 57.9 Å². The number of anilines is 3. The molecule has 0 saturated carbocycles. The Morgan fingerprint density at radius 3 is 2.59 bits per heavy atom. The molecule has 156 valence electrons. The van der Waals surface area contributed by atoms with Gasteiger partial charge in [-0.25, -0.2) is 4.98 Å². The molecule has 0 atom stereocenters. The second-order valence-corrected chi connectivity index (χ2v) is 8.08. The summed E-state index contributed by atoms with van der Waals surface area (Å²) in [4.78, 5) is 13.4. The number of hydrogen-bond acceptors (Lipinski definition) is 7. The maximum atomic E-state index is 6.25. The number of benzene rings is 1. The Kier molecular flexibility index (Phi) is 6.69. The van der Waals surface area contributed by atoms with Gasteiger partial charge in [-0.1, -0.05) is 11.6 Å². The number of piperidine rings is 1.